The number of pyridine rings is 2. The van der Waals surface area contributed by atoms with Gasteiger partial charge >= 0.3 is 0 Å². The summed E-state index contributed by atoms with van der Waals surface area (Å²) in [6.45, 7) is 0.867. The number of aromatic nitrogens is 6. The summed E-state index contributed by atoms with van der Waals surface area (Å²) in [7, 11) is 0. The molecule has 0 amide bonds. The molecule has 0 bridgehead atoms. The van der Waals surface area contributed by atoms with Crippen LogP contribution in [-0.4, -0.2) is 34.9 Å². The smallest absolute Gasteiger partial charge is 0.263 e. The van der Waals surface area contributed by atoms with Crippen LogP contribution in [0.15, 0.2) is 97.3 Å². The number of benzene rings is 2. The fourth-order valence-electron chi connectivity index (χ4n) is 4.23. The highest BCUT2D eigenvalue weighted by molar-refractivity contribution is 6.07. The first-order valence-corrected chi connectivity index (χ1v) is 11.0. The predicted molar refractivity (Wildman–Crippen MR) is 130 cm³/mol. The van der Waals surface area contributed by atoms with Crippen LogP contribution in [0.1, 0.15) is 27.8 Å². The Labute approximate surface area is 195 Å². The van der Waals surface area contributed by atoms with Crippen molar-refractivity contribution < 1.29 is 4.79 Å². The summed E-state index contributed by atoms with van der Waals surface area (Å²) in [5.74, 6) is 0.438. The van der Waals surface area contributed by atoms with Crippen LogP contribution in [0, 0.1) is 0 Å². The Morgan fingerprint density at radius 3 is 1.47 bits per heavy atom. The monoisotopic (exact) mass is 444 g/mol. The molecular formula is C27H20N6O. The second kappa shape index (κ2) is 8.37. The molecule has 0 spiro atoms. The van der Waals surface area contributed by atoms with Gasteiger partial charge in [-0.1, -0.05) is 36.4 Å². The van der Waals surface area contributed by atoms with E-state index >= 15 is 0 Å². The van der Waals surface area contributed by atoms with Crippen molar-refractivity contribution in [2.45, 2.75) is 13.1 Å². The molecule has 0 saturated carbocycles. The maximum Gasteiger partial charge on any atom is 0.263 e. The summed E-state index contributed by atoms with van der Waals surface area (Å²) >= 11 is 0. The zero-order valence-electron chi connectivity index (χ0n) is 18.2. The SMILES string of the molecule is O=C(c1nc2ccccc2n1Cc1ccccn1)c1nc2ccccc2n1Cc1ccccn1. The van der Waals surface area contributed by atoms with Crippen molar-refractivity contribution in [3.63, 3.8) is 0 Å². The number of hydrogen-bond donors (Lipinski definition) is 0. The zero-order chi connectivity index (χ0) is 22.9. The van der Waals surface area contributed by atoms with Crippen molar-refractivity contribution in [3.05, 3.63) is 120 Å². The van der Waals surface area contributed by atoms with E-state index in [-0.39, 0.29) is 5.78 Å². The van der Waals surface area contributed by atoms with Gasteiger partial charge in [0.2, 0.25) is 0 Å². The standard InChI is InChI=1S/C27H20N6O/c34-25(26-30-21-11-1-3-13-23(21)32(26)17-19-9-5-7-15-28-19)27-31-22-12-2-4-14-24(22)33(27)18-20-10-6-8-16-29-20/h1-16H,17-18H2. The topological polar surface area (TPSA) is 78.5 Å². The highest BCUT2D eigenvalue weighted by Crippen LogP contribution is 2.23. The minimum atomic E-state index is -0.237. The van der Waals surface area contributed by atoms with Gasteiger partial charge in [0, 0.05) is 12.4 Å². The Balaban J connectivity index is 1.51. The molecule has 0 N–H and O–H groups in total. The highest BCUT2D eigenvalue weighted by Gasteiger charge is 2.25. The van der Waals surface area contributed by atoms with E-state index < -0.39 is 0 Å². The van der Waals surface area contributed by atoms with E-state index in [1.165, 1.54) is 0 Å². The molecule has 0 aliphatic rings. The molecule has 164 valence electrons. The van der Waals surface area contributed by atoms with Crippen molar-refractivity contribution in [1.29, 1.82) is 0 Å². The summed E-state index contributed by atoms with van der Waals surface area (Å²) in [4.78, 5) is 32.3. The number of rotatable bonds is 6. The third-order valence-electron chi connectivity index (χ3n) is 5.81. The molecule has 4 heterocycles. The molecule has 0 fully saturated rings. The third-order valence-corrected chi connectivity index (χ3v) is 5.81. The van der Waals surface area contributed by atoms with Gasteiger partial charge in [0.15, 0.2) is 11.6 Å². The molecule has 7 heteroatoms. The van der Waals surface area contributed by atoms with Crippen LogP contribution in [0.2, 0.25) is 0 Å². The van der Waals surface area contributed by atoms with E-state index in [1.54, 1.807) is 12.4 Å². The van der Waals surface area contributed by atoms with E-state index in [0.717, 1.165) is 33.5 Å². The minimum absolute atomic E-state index is 0.237. The fourth-order valence-corrected chi connectivity index (χ4v) is 4.23. The van der Waals surface area contributed by atoms with Gasteiger partial charge in [-0.15, -0.1) is 0 Å². The van der Waals surface area contributed by atoms with E-state index in [2.05, 4.69) is 9.97 Å². The van der Waals surface area contributed by atoms with Gasteiger partial charge < -0.3 is 9.13 Å². The molecule has 34 heavy (non-hydrogen) atoms. The molecule has 0 atom stereocenters. The number of para-hydroxylation sites is 4. The average Bonchev–Trinajstić information content (AvgIpc) is 3.44. The molecule has 0 aliphatic carbocycles. The first kappa shape index (κ1) is 20.0. The molecule has 6 rings (SSSR count). The Kier molecular flexibility index (Phi) is 4.92. The Morgan fingerprint density at radius 2 is 1.03 bits per heavy atom. The van der Waals surface area contributed by atoms with Gasteiger partial charge in [0.05, 0.1) is 46.5 Å². The normalized spacial score (nSPS) is 11.3. The Hall–Kier alpha value is -4.65. The first-order valence-electron chi connectivity index (χ1n) is 11.0. The second-order valence-electron chi connectivity index (χ2n) is 7.99. The predicted octanol–water partition coefficient (Wildman–Crippen LogP) is 4.50. The lowest BCUT2D eigenvalue weighted by Gasteiger charge is -2.10. The van der Waals surface area contributed by atoms with E-state index in [4.69, 9.17) is 9.97 Å². The van der Waals surface area contributed by atoms with Crippen LogP contribution < -0.4 is 0 Å². The third kappa shape index (κ3) is 3.53. The van der Waals surface area contributed by atoms with Crippen LogP contribution in [0.5, 0.6) is 0 Å². The molecule has 0 aliphatic heterocycles. The molecular weight excluding hydrogens is 424 g/mol. The van der Waals surface area contributed by atoms with Crippen molar-refractivity contribution in [1.82, 2.24) is 29.1 Å². The van der Waals surface area contributed by atoms with Crippen molar-refractivity contribution in [2.75, 3.05) is 0 Å². The zero-order valence-corrected chi connectivity index (χ0v) is 18.2. The molecule has 2 aromatic carbocycles. The van der Waals surface area contributed by atoms with Crippen LogP contribution in [0.25, 0.3) is 22.1 Å². The summed E-state index contributed by atoms with van der Waals surface area (Å²) in [5, 5.41) is 0. The molecule has 4 aromatic heterocycles. The van der Waals surface area contributed by atoms with E-state index in [1.807, 2.05) is 94.1 Å². The number of carbonyl (C=O) groups excluding carboxylic acids is 1. The first-order chi connectivity index (χ1) is 16.8. The maximum absolute atomic E-state index is 14.0. The molecule has 0 saturated heterocycles. The minimum Gasteiger partial charge on any atom is -0.315 e. The summed E-state index contributed by atoms with van der Waals surface area (Å²) in [6.07, 6.45) is 3.50. The Bertz CT molecular complexity index is 1500. The van der Waals surface area contributed by atoms with Gasteiger partial charge in [0.1, 0.15) is 0 Å². The highest BCUT2D eigenvalue weighted by atomic mass is 16.1. The summed E-state index contributed by atoms with van der Waals surface area (Å²) < 4.78 is 3.84. The van der Waals surface area contributed by atoms with Crippen LogP contribution in [0.4, 0.5) is 0 Å². The van der Waals surface area contributed by atoms with E-state index in [9.17, 15) is 4.79 Å². The van der Waals surface area contributed by atoms with Gasteiger partial charge in [-0.05, 0) is 48.5 Å². The van der Waals surface area contributed by atoms with Crippen LogP contribution in [-0.2, 0) is 13.1 Å². The number of hydrogen-bond acceptors (Lipinski definition) is 5. The molecule has 6 aromatic rings. The van der Waals surface area contributed by atoms with Gasteiger partial charge in [0.25, 0.3) is 5.78 Å². The van der Waals surface area contributed by atoms with Crippen molar-refractivity contribution in [2.24, 2.45) is 0 Å². The molecule has 0 unspecified atom stereocenters. The second-order valence-corrected chi connectivity index (χ2v) is 7.99. The summed E-state index contributed by atoms with van der Waals surface area (Å²) in [6, 6.07) is 27.0. The van der Waals surface area contributed by atoms with Crippen LogP contribution in [0.3, 0.4) is 0 Å². The lowest BCUT2D eigenvalue weighted by Crippen LogP contribution is -2.18. The lowest BCUT2D eigenvalue weighted by molar-refractivity contribution is 0.101. The summed E-state index contributed by atoms with van der Waals surface area (Å²) in [5.41, 5.74) is 4.97. The van der Waals surface area contributed by atoms with E-state index in [0.29, 0.717) is 24.7 Å². The Morgan fingerprint density at radius 1 is 0.588 bits per heavy atom. The van der Waals surface area contributed by atoms with Crippen molar-refractivity contribution >= 4 is 27.9 Å². The number of nitrogens with zero attached hydrogens (tertiary/aromatic N) is 6. The number of imidazole rings is 2. The molecule has 0 radical (unpaired) electrons. The lowest BCUT2D eigenvalue weighted by atomic mass is 10.2. The molecule has 7 nitrogen and oxygen atoms in total. The van der Waals surface area contributed by atoms with Crippen molar-refractivity contribution in [3.8, 4) is 0 Å². The maximum atomic E-state index is 14.0. The quantitative estimate of drug-likeness (QED) is 0.353. The fraction of sp³-hybridized carbons (Fsp3) is 0.0741. The average molecular weight is 444 g/mol. The number of ketones is 1. The number of carbonyl (C=O) groups is 1. The van der Waals surface area contributed by atoms with Gasteiger partial charge in [-0.25, -0.2) is 9.97 Å². The largest absolute Gasteiger partial charge is 0.315 e. The van der Waals surface area contributed by atoms with Gasteiger partial charge in [-0.2, -0.15) is 0 Å². The van der Waals surface area contributed by atoms with Crippen LogP contribution >= 0.6 is 0 Å². The van der Waals surface area contributed by atoms with Gasteiger partial charge in [-0.3, -0.25) is 14.8 Å². The number of fused-ring (bicyclic) bond motifs is 2.